The third-order valence-electron chi connectivity index (χ3n) is 4.79. The van der Waals surface area contributed by atoms with Crippen molar-refractivity contribution in [2.45, 2.75) is 5.92 Å². The Hall–Kier alpha value is -3.27. The summed E-state index contributed by atoms with van der Waals surface area (Å²) < 4.78 is 11.3. The summed E-state index contributed by atoms with van der Waals surface area (Å²) in [6.45, 7) is 0.671. The lowest BCUT2D eigenvalue weighted by Crippen LogP contribution is -2.49. The van der Waals surface area contributed by atoms with Crippen molar-refractivity contribution in [2.24, 2.45) is 0 Å². The van der Waals surface area contributed by atoms with Crippen molar-refractivity contribution in [1.29, 1.82) is 0 Å². The number of rotatable bonds is 8. The van der Waals surface area contributed by atoms with Gasteiger partial charge in [0.25, 0.3) is 5.91 Å². The molecule has 0 bridgehead atoms. The third-order valence-corrected chi connectivity index (χ3v) is 5.48. The minimum absolute atomic E-state index is 0.0546. The van der Waals surface area contributed by atoms with E-state index in [2.05, 4.69) is 32.1 Å². The highest BCUT2D eigenvalue weighted by Crippen LogP contribution is 2.25. The van der Waals surface area contributed by atoms with E-state index in [1.54, 1.807) is 25.3 Å². The Balaban J connectivity index is 1.65. The van der Waals surface area contributed by atoms with Crippen molar-refractivity contribution in [3.63, 3.8) is 0 Å². The fourth-order valence-corrected chi connectivity index (χ4v) is 3.72. The van der Waals surface area contributed by atoms with E-state index in [0.717, 1.165) is 11.1 Å². The molecular formula is C25H24BrN3O4S. The number of hydrazine groups is 1. The second-order valence-electron chi connectivity index (χ2n) is 7.13. The normalized spacial score (nSPS) is 10.4. The molecule has 0 fully saturated rings. The van der Waals surface area contributed by atoms with Crippen LogP contribution in [0.1, 0.15) is 27.4 Å². The second kappa shape index (κ2) is 12.8. The zero-order chi connectivity index (χ0) is 24.3. The van der Waals surface area contributed by atoms with Gasteiger partial charge in [0.2, 0.25) is 5.91 Å². The van der Waals surface area contributed by atoms with Crippen LogP contribution in [0.3, 0.4) is 0 Å². The molecule has 0 saturated heterocycles. The van der Waals surface area contributed by atoms with Crippen molar-refractivity contribution in [3.05, 3.63) is 100 Å². The van der Waals surface area contributed by atoms with Gasteiger partial charge in [-0.2, -0.15) is 0 Å². The molecule has 0 aliphatic carbocycles. The van der Waals surface area contributed by atoms with Crippen molar-refractivity contribution in [2.75, 3.05) is 20.3 Å². The van der Waals surface area contributed by atoms with Crippen LogP contribution in [0.5, 0.6) is 5.75 Å². The third kappa shape index (κ3) is 7.11. The van der Waals surface area contributed by atoms with Gasteiger partial charge < -0.3 is 9.47 Å². The molecule has 7 nitrogen and oxygen atoms in total. The summed E-state index contributed by atoms with van der Waals surface area (Å²) >= 11 is 8.58. The second-order valence-corrected chi connectivity index (χ2v) is 8.46. The van der Waals surface area contributed by atoms with Gasteiger partial charge in [0, 0.05) is 11.6 Å². The number of hydrogen-bond donors (Lipinski definition) is 3. The van der Waals surface area contributed by atoms with Gasteiger partial charge in [-0.25, -0.2) is 0 Å². The molecule has 3 rings (SSSR count). The van der Waals surface area contributed by atoms with Crippen LogP contribution in [-0.4, -0.2) is 37.3 Å². The molecule has 176 valence electrons. The summed E-state index contributed by atoms with van der Waals surface area (Å²) in [6, 6.07) is 23.9. The van der Waals surface area contributed by atoms with E-state index in [1.807, 2.05) is 60.7 Å². The van der Waals surface area contributed by atoms with Crippen LogP contribution in [0.4, 0.5) is 0 Å². The van der Waals surface area contributed by atoms with Gasteiger partial charge in [0.15, 0.2) is 5.11 Å². The van der Waals surface area contributed by atoms with Crippen LogP contribution in [0, 0.1) is 0 Å². The van der Waals surface area contributed by atoms with Crippen LogP contribution < -0.4 is 20.9 Å². The maximum absolute atomic E-state index is 13.1. The average molecular weight is 542 g/mol. The van der Waals surface area contributed by atoms with E-state index in [1.165, 1.54) is 0 Å². The minimum Gasteiger partial charge on any atom is -0.490 e. The zero-order valence-electron chi connectivity index (χ0n) is 18.4. The quantitative estimate of drug-likeness (QED) is 0.227. The Labute approximate surface area is 211 Å². The van der Waals surface area contributed by atoms with E-state index in [9.17, 15) is 9.59 Å². The average Bonchev–Trinajstić information content (AvgIpc) is 2.85. The zero-order valence-corrected chi connectivity index (χ0v) is 20.8. The number of ether oxygens (including phenoxy) is 2. The molecule has 0 aliphatic rings. The van der Waals surface area contributed by atoms with Gasteiger partial charge >= 0.3 is 0 Å². The number of methoxy groups -OCH3 is 1. The number of halogens is 1. The molecule has 0 saturated carbocycles. The first-order chi connectivity index (χ1) is 16.5. The highest BCUT2D eigenvalue weighted by molar-refractivity contribution is 9.10. The summed E-state index contributed by atoms with van der Waals surface area (Å²) in [5.74, 6) is -0.972. The molecule has 0 aromatic heterocycles. The van der Waals surface area contributed by atoms with Gasteiger partial charge in [-0.3, -0.25) is 25.8 Å². The van der Waals surface area contributed by atoms with Crippen molar-refractivity contribution >= 4 is 45.1 Å². The lowest BCUT2D eigenvalue weighted by Gasteiger charge is -2.19. The molecule has 0 atom stereocenters. The molecule has 0 radical (unpaired) electrons. The number of benzene rings is 3. The van der Waals surface area contributed by atoms with Crippen LogP contribution in [0.15, 0.2) is 83.3 Å². The van der Waals surface area contributed by atoms with Crippen LogP contribution in [0.2, 0.25) is 0 Å². The van der Waals surface area contributed by atoms with Gasteiger partial charge in [-0.15, -0.1) is 0 Å². The van der Waals surface area contributed by atoms with Crippen LogP contribution in [0.25, 0.3) is 0 Å². The van der Waals surface area contributed by atoms with Gasteiger partial charge in [-0.1, -0.05) is 76.6 Å². The molecule has 2 amide bonds. The Bertz CT molecular complexity index is 1090. The number of hydrogen-bond acceptors (Lipinski definition) is 5. The van der Waals surface area contributed by atoms with E-state index in [4.69, 9.17) is 21.7 Å². The predicted molar refractivity (Wildman–Crippen MR) is 138 cm³/mol. The number of amides is 2. The number of carbonyl (C=O) groups is 2. The SMILES string of the molecule is COCCOc1ccc(Br)cc1C(=O)NC(=S)NNC(=O)C(c1ccccc1)c1ccccc1. The molecule has 3 aromatic rings. The Morgan fingerprint density at radius 3 is 2.12 bits per heavy atom. The monoisotopic (exact) mass is 541 g/mol. The van der Waals surface area contributed by atoms with E-state index in [0.29, 0.717) is 16.8 Å². The van der Waals surface area contributed by atoms with E-state index in [-0.39, 0.29) is 23.2 Å². The maximum atomic E-state index is 13.1. The first-order valence-electron chi connectivity index (χ1n) is 10.4. The van der Waals surface area contributed by atoms with Gasteiger partial charge in [0.05, 0.1) is 18.1 Å². The minimum atomic E-state index is -0.556. The largest absolute Gasteiger partial charge is 0.490 e. The fraction of sp³-hybridized carbons (Fsp3) is 0.160. The molecule has 34 heavy (non-hydrogen) atoms. The molecule has 0 aliphatic heterocycles. The topological polar surface area (TPSA) is 88.7 Å². The summed E-state index contributed by atoms with van der Waals surface area (Å²) in [5, 5.41) is 2.51. The molecule has 3 aromatic carbocycles. The van der Waals surface area contributed by atoms with E-state index >= 15 is 0 Å². The standard InChI is InChI=1S/C25H24BrN3O4S/c1-32-14-15-33-21-13-12-19(26)16-20(21)23(30)27-25(34)29-28-24(31)22(17-8-4-2-5-9-17)18-10-6-3-7-11-18/h2-13,16,22H,14-15H2,1H3,(H,28,31)(H2,27,29,30,34). The highest BCUT2D eigenvalue weighted by Gasteiger charge is 2.23. The first-order valence-corrected chi connectivity index (χ1v) is 11.6. The van der Waals surface area contributed by atoms with Gasteiger partial charge in [0.1, 0.15) is 12.4 Å². The predicted octanol–water partition coefficient (Wildman–Crippen LogP) is 3.94. The lowest BCUT2D eigenvalue weighted by molar-refractivity contribution is -0.122. The summed E-state index contributed by atoms with van der Waals surface area (Å²) in [5.41, 5.74) is 7.16. The molecule has 0 spiro atoms. The highest BCUT2D eigenvalue weighted by atomic mass is 79.9. The summed E-state index contributed by atoms with van der Waals surface area (Å²) in [4.78, 5) is 25.9. The number of nitrogens with one attached hydrogen (secondary N) is 3. The Morgan fingerprint density at radius 1 is 0.912 bits per heavy atom. The van der Waals surface area contributed by atoms with Crippen molar-refractivity contribution in [3.8, 4) is 5.75 Å². The number of thiocarbonyl (C=S) groups is 1. The fourth-order valence-electron chi connectivity index (χ4n) is 3.22. The maximum Gasteiger partial charge on any atom is 0.261 e. The number of carbonyl (C=O) groups excluding carboxylic acids is 2. The van der Waals surface area contributed by atoms with Crippen LogP contribution >= 0.6 is 28.1 Å². The Morgan fingerprint density at radius 2 is 1.53 bits per heavy atom. The summed E-state index contributed by atoms with van der Waals surface area (Å²) in [7, 11) is 1.57. The summed E-state index contributed by atoms with van der Waals surface area (Å²) in [6.07, 6.45) is 0. The molecule has 9 heteroatoms. The molecule has 0 heterocycles. The molecule has 3 N–H and O–H groups in total. The molecular weight excluding hydrogens is 518 g/mol. The lowest BCUT2D eigenvalue weighted by atomic mass is 9.91. The smallest absolute Gasteiger partial charge is 0.261 e. The van der Waals surface area contributed by atoms with E-state index < -0.39 is 11.8 Å². The van der Waals surface area contributed by atoms with Gasteiger partial charge in [-0.05, 0) is 41.5 Å². The van der Waals surface area contributed by atoms with Crippen LogP contribution in [-0.2, 0) is 9.53 Å². The first kappa shape index (κ1) is 25.4. The van der Waals surface area contributed by atoms with Crippen molar-refractivity contribution in [1.82, 2.24) is 16.2 Å². The van der Waals surface area contributed by atoms with Crippen molar-refractivity contribution < 1.29 is 19.1 Å². The Kier molecular flexibility index (Phi) is 9.57. The molecule has 0 unspecified atom stereocenters.